The summed E-state index contributed by atoms with van der Waals surface area (Å²) in [5.41, 5.74) is 1.84. The standard InChI is InChI=1S/C14H20N2O3/c1-10-4-3-5-15-13(10)6-14(18)16-7-12(8-17)19-9-11(16)2/h3-5,11-12,17H,6-9H2,1-2H3. The number of aliphatic hydroxyl groups excluding tert-OH is 1. The first-order chi connectivity index (χ1) is 9.11. The highest BCUT2D eigenvalue weighted by Crippen LogP contribution is 2.14. The number of carbonyl (C=O) groups is 1. The van der Waals surface area contributed by atoms with Gasteiger partial charge in [0, 0.05) is 12.7 Å². The van der Waals surface area contributed by atoms with Crippen molar-refractivity contribution in [3.8, 4) is 0 Å². The third-order valence-electron chi connectivity index (χ3n) is 3.47. The Morgan fingerprint density at radius 3 is 3.11 bits per heavy atom. The van der Waals surface area contributed by atoms with Crippen molar-refractivity contribution in [1.82, 2.24) is 9.88 Å². The molecule has 1 saturated heterocycles. The van der Waals surface area contributed by atoms with Crippen molar-refractivity contribution in [2.75, 3.05) is 19.8 Å². The minimum atomic E-state index is -0.273. The van der Waals surface area contributed by atoms with E-state index in [4.69, 9.17) is 9.84 Å². The molecule has 5 nitrogen and oxygen atoms in total. The van der Waals surface area contributed by atoms with Gasteiger partial charge in [-0.25, -0.2) is 0 Å². The predicted octanol–water partition coefficient (Wildman–Crippen LogP) is 0.541. The van der Waals surface area contributed by atoms with Crippen LogP contribution in [0.25, 0.3) is 0 Å². The molecule has 2 atom stereocenters. The summed E-state index contributed by atoms with van der Waals surface area (Å²) < 4.78 is 5.43. The fraction of sp³-hybridized carbons (Fsp3) is 0.571. The minimum Gasteiger partial charge on any atom is -0.394 e. The molecule has 1 aromatic rings. The van der Waals surface area contributed by atoms with Gasteiger partial charge in [0.15, 0.2) is 0 Å². The molecule has 1 aliphatic heterocycles. The van der Waals surface area contributed by atoms with Crippen molar-refractivity contribution in [3.63, 3.8) is 0 Å². The second-order valence-corrected chi connectivity index (χ2v) is 4.98. The van der Waals surface area contributed by atoms with Gasteiger partial charge in [0.25, 0.3) is 0 Å². The molecule has 104 valence electrons. The van der Waals surface area contributed by atoms with E-state index in [0.29, 0.717) is 19.6 Å². The van der Waals surface area contributed by atoms with Crippen LogP contribution in [0.4, 0.5) is 0 Å². The largest absolute Gasteiger partial charge is 0.394 e. The Morgan fingerprint density at radius 2 is 2.42 bits per heavy atom. The van der Waals surface area contributed by atoms with E-state index in [2.05, 4.69) is 4.98 Å². The number of pyridine rings is 1. The Labute approximate surface area is 113 Å². The molecule has 0 aromatic carbocycles. The van der Waals surface area contributed by atoms with Gasteiger partial charge in [0.2, 0.25) is 5.91 Å². The molecule has 0 radical (unpaired) electrons. The molecule has 0 spiro atoms. The van der Waals surface area contributed by atoms with Gasteiger partial charge < -0.3 is 14.7 Å². The Hall–Kier alpha value is -1.46. The van der Waals surface area contributed by atoms with Gasteiger partial charge in [-0.05, 0) is 25.5 Å². The first-order valence-corrected chi connectivity index (χ1v) is 6.54. The minimum absolute atomic E-state index is 0.0380. The SMILES string of the molecule is Cc1cccnc1CC(=O)N1CC(CO)OCC1C. The Morgan fingerprint density at radius 1 is 1.63 bits per heavy atom. The molecule has 1 aliphatic rings. The third kappa shape index (κ3) is 3.30. The fourth-order valence-corrected chi connectivity index (χ4v) is 2.22. The molecule has 5 heteroatoms. The molecule has 1 aromatic heterocycles. The lowest BCUT2D eigenvalue weighted by molar-refractivity contribution is -0.145. The summed E-state index contributed by atoms with van der Waals surface area (Å²) in [7, 11) is 0. The van der Waals surface area contributed by atoms with Crippen LogP contribution in [0.3, 0.4) is 0 Å². The highest BCUT2D eigenvalue weighted by atomic mass is 16.5. The van der Waals surface area contributed by atoms with E-state index in [1.54, 1.807) is 11.1 Å². The van der Waals surface area contributed by atoms with E-state index in [1.165, 1.54) is 0 Å². The summed E-state index contributed by atoms with van der Waals surface area (Å²) >= 11 is 0. The van der Waals surface area contributed by atoms with Crippen molar-refractivity contribution in [2.24, 2.45) is 0 Å². The average molecular weight is 264 g/mol. The first-order valence-electron chi connectivity index (χ1n) is 6.54. The van der Waals surface area contributed by atoms with E-state index < -0.39 is 0 Å². The summed E-state index contributed by atoms with van der Waals surface area (Å²) in [5.74, 6) is 0.0380. The fourth-order valence-electron chi connectivity index (χ4n) is 2.22. The number of aliphatic hydroxyl groups is 1. The summed E-state index contributed by atoms with van der Waals surface area (Å²) in [6.07, 6.45) is 1.73. The third-order valence-corrected chi connectivity index (χ3v) is 3.47. The molecule has 2 rings (SSSR count). The van der Waals surface area contributed by atoms with Crippen LogP contribution in [0.5, 0.6) is 0 Å². The van der Waals surface area contributed by atoms with Gasteiger partial charge in [-0.15, -0.1) is 0 Å². The van der Waals surface area contributed by atoms with Crippen molar-refractivity contribution < 1.29 is 14.6 Å². The molecule has 0 saturated carbocycles. The van der Waals surface area contributed by atoms with Crippen LogP contribution >= 0.6 is 0 Å². The zero-order valence-electron chi connectivity index (χ0n) is 11.4. The summed E-state index contributed by atoms with van der Waals surface area (Å²) in [6, 6.07) is 3.86. The van der Waals surface area contributed by atoms with Crippen LogP contribution in [-0.2, 0) is 16.0 Å². The number of hydrogen-bond donors (Lipinski definition) is 1. The van der Waals surface area contributed by atoms with Gasteiger partial charge in [0.1, 0.15) is 0 Å². The summed E-state index contributed by atoms with van der Waals surface area (Å²) in [4.78, 5) is 18.4. The highest BCUT2D eigenvalue weighted by Gasteiger charge is 2.29. The smallest absolute Gasteiger partial charge is 0.229 e. The van der Waals surface area contributed by atoms with Crippen LogP contribution in [-0.4, -0.2) is 52.8 Å². The van der Waals surface area contributed by atoms with Crippen molar-refractivity contribution in [2.45, 2.75) is 32.4 Å². The maximum atomic E-state index is 12.3. The number of rotatable bonds is 3. The summed E-state index contributed by atoms with van der Waals surface area (Å²) in [5, 5.41) is 9.14. The molecule has 2 heterocycles. The quantitative estimate of drug-likeness (QED) is 0.865. The molecular formula is C14H20N2O3. The van der Waals surface area contributed by atoms with Crippen molar-refractivity contribution in [1.29, 1.82) is 0 Å². The van der Waals surface area contributed by atoms with Gasteiger partial charge in [-0.3, -0.25) is 9.78 Å². The number of aryl methyl sites for hydroxylation is 1. The highest BCUT2D eigenvalue weighted by molar-refractivity contribution is 5.79. The van der Waals surface area contributed by atoms with Crippen LogP contribution in [0.1, 0.15) is 18.2 Å². The van der Waals surface area contributed by atoms with E-state index in [9.17, 15) is 4.79 Å². The second-order valence-electron chi connectivity index (χ2n) is 4.98. The molecule has 0 aliphatic carbocycles. The zero-order valence-corrected chi connectivity index (χ0v) is 11.4. The number of ether oxygens (including phenoxy) is 1. The van der Waals surface area contributed by atoms with Gasteiger partial charge in [-0.1, -0.05) is 6.07 Å². The Bertz CT molecular complexity index is 450. The normalized spacial score (nSPS) is 23.4. The molecule has 1 N–H and O–H groups in total. The number of morpholine rings is 1. The molecule has 0 bridgehead atoms. The lowest BCUT2D eigenvalue weighted by Gasteiger charge is -2.37. The topological polar surface area (TPSA) is 62.7 Å². The molecule has 1 amide bonds. The molecule has 19 heavy (non-hydrogen) atoms. The number of carbonyl (C=O) groups excluding carboxylic acids is 1. The van der Waals surface area contributed by atoms with E-state index in [0.717, 1.165) is 11.3 Å². The van der Waals surface area contributed by atoms with Gasteiger partial charge in [0.05, 0.1) is 37.5 Å². The lowest BCUT2D eigenvalue weighted by atomic mass is 10.1. The molecular weight excluding hydrogens is 244 g/mol. The molecule has 1 fully saturated rings. The van der Waals surface area contributed by atoms with Gasteiger partial charge >= 0.3 is 0 Å². The monoisotopic (exact) mass is 264 g/mol. The van der Waals surface area contributed by atoms with Crippen LogP contribution < -0.4 is 0 Å². The maximum Gasteiger partial charge on any atom is 0.229 e. The molecule has 2 unspecified atom stereocenters. The number of nitrogens with zero attached hydrogens (tertiary/aromatic N) is 2. The average Bonchev–Trinajstić information content (AvgIpc) is 2.42. The van der Waals surface area contributed by atoms with E-state index in [1.807, 2.05) is 26.0 Å². The van der Waals surface area contributed by atoms with E-state index >= 15 is 0 Å². The predicted molar refractivity (Wildman–Crippen MR) is 70.7 cm³/mol. The van der Waals surface area contributed by atoms with Crippen molar-refractivity contribution in [3.05, 3.63) is 29.6 Å². The Kier molecular flexibility index (Phi) is 4.50. The Balaban J connectivity index is 2.04. The van der Waals surface area contributed by atoms with Crippen molar-refractivity contribution >= 4 is 5.91 Å². The summed E-state index contributed by atoms with van der Waals surface area (Å²) in [6.45, 7) is 4.77. The van der Waals surface area contributed by atoms with E-state index in [-0.39, 0.29) is 24.7 Å². The van der Waals surface area contributed by atoms with Crippen LogP contribution in [0.2, 0.25) is 0 Å². The number of amides is 1. The zero-order chi connectivity index (χ0) is 13.8. The lowest BCUT2D eigenvalue weighted by Crippen LogP contribution is -2.52. The number of hydrogen-bond acceptors (Lipinski definition) is 4. The van der Waals surface area contributed by atoms with Gasteiger partial charge in [-0.2, -0.15) is 0 Å². The second kappa shape index (κ2) is 6.12. The van der Waals surface area contributed by atoms with Crippen LogP contribution in [0, 0.1) is 6.92 Å². The maximum absolute atomic E-state index is 12.3. The number of aromatic nitrogens is 1. The van der Waals surface area contributed by atoms with Crippen LogP contribution in [0.15, 0.2) is 18.3 Å². The first kappa shape index (κ1) is 14.0.